The third-order valence-electron chi connectivity index (χ3n) is 4.97. The Morgan fingerprint density at radius 3 is 2.61 bits per heavy atom. The fourth-order valence-electron chi connectivity index (χ4n) is 3.42. The Bertz CT molecular complexity index is 944. The lowest BCUT2D eigenvalue weighted by molar-refractivity contribution is -0.119. The zero-order chi connectivity index (χ0) is 20.1. The van der Waals surface area contributed by atoms with Crippen LogP contribution in [0.1, 0.15) is 42.4 Å². The van der Waals surface area contributed by atoms with Crippen LogP contribution in [0.4, 0.5) is 11.4 Å². The highest BCUT2D eigenvalue weighted by molar-refractivity contribution is 6.15. The van der Waals surface area contributed by atoms with Gasteiger partial charge < -0.3 is 16.8 Å². The summed E-state index contributed by atoms with van der Waals surface area (Å²) in [5.74, 6) is 0.298. The lowest BCUT2D eigenvalue weighted by atomic mass is 9.98. The van der Waals surface area contributed by atoms with Crippen LogP contribution in [0.15, 0.2) is 47.5 Å². The number of amidine groups is 1. The molecule has 7 nitrogen and oxygen atoms in total. The van der Waals surface area contributed by atoms with Gasteiger partial charge in [0.25, 0.3) is 0 Å². The maximum atomic E-state index is 12.4. The van der Waals surface area contributed by atoms with Crippen molar-refractivity contribution in [2.45, 2.75) is 25.7 Å². The number of aliphatic imine (C=N–C) groups is 1. The fourth-order valence-corrected chi connectivity index (χ4v) is 3.42. The maximum absolute atomic E-state index is 12.4. The van der Waals surface area contributed by atoms with Gasteiger partial charge in [-0.1, -0.05) is 25.0 Å². The van der Waals surface area contributed by atoms with Crippen molar-refractivity contribution in [2.75, 3.05) is 11.1 Å². The van der Waals surface area contributed by atoms with Crippen molar-refractivity contribution < 1.29 is 4.79 Å². The summed E-state index contributed by atoms with van der Waals surface area (Å²) in [7, 11) is 0. The van der Waals surface area contributed by atoms with Gasteiger partial charge in [-0.2, -0.15) is 0 Å². The molecule has 1 aliphatic rings. The van der Waals surface area contributed by atoms with Crippen molar-refractivity contribution >= 4 is 35.2 Å². The molecule has 1 saturated carbocycles. The smallest absolute Gasteiger partial charge is 0.227 e. The Kier molecular flexibility index (Phi) is 5.84. The summed E-state index contributed by atoms with van der Waals surface area (Å²) in [6.07, 6.45) is 4.94. The van der Waals surface area contributed by atoms with Gasteiger partial charge in [0.1, 0.15) is 12.2 Å². The molecule has 0 aromatic heterocycles. The Hall–Kier alpha value is -3.48. The third kappa shape index (κ3) is 4.25. The minimum absolute atomic E-state index is 0.0401. The molecule has 1 fully saturated rings. The topological polar surface area (TPSA) is 141 Å². The first kappa shape index (κ1) is 19.3. The van der Waals surface area contributed by atoms with E-state index in [0.29, 0.717) is 28.1 Å². The van der Waals surface area contributed by atoms with Gasteiger partial charge in [-0.25, -0.2) is 4.99 Å². The molecular weight excluding hydrogens is 352 g/mol. The monoisotopic (exact) mass is 376 g/mol. The van der Waals surface area contributed by atoms with Gasteiger partial charge in [0.15, 0.2) is 0 Å². The van der Waals surface area contributed by atoms with Gasteiger partial charge in [0.05, 0.1) is 5.71 Å². The number of amides is 1. The van der Waals surface area contributed by atoms with E-state index in [2.05, 4.69) is 10.3 Å². The SMILES string of the molecule is N=CN=C(N)c1ccc(N)c(C(=N)c2cccc(NC(=O)C3CCCC3)c2)c1. The summed E-state index contributed by atoms with van der Waals surface area (Å²) in [6.45, 7) is 0. The molecule has 7 N–H and O–H groups in total. The molecule has 28 heavy (non-hydrogen) atoms. The second kappa shape index (κ2) is 8.47. The van der Waals surface area contributed by atoms with Gasteiger partial charge in [-0.15, -0.1) is 0 Å². The number of rotatable bonds is 6. The number of nitrogens with zero attached hydrogens (tertiary/aromatic N) is 1. The van der Waals surface area contributed by atoms with Crippen molar-refractivity contribution in [1.29, 1.82) is 10.8 Å². The highest BCUT2D eigenvalue weighted by Gasteiger charge is 2.22. The maximum Gasteiger partial charge on any atom is 0.227 e. The number of hydrogen-bond acceptors (Lipinski definition) is 4. The van der Waals surface area contributed by atoms with Crippen LogP contribution in [-0.4, -0.2) is 23.8 Å². The van der Waals surface area contributed by atoms with Crippen molar-refractivity contribution in [3.05, 3.63) is 59.2 Å². The minimum Gasteiger partial charge on any atom is -0.398 e. The summed E-state index contributed by atoms with van der Waals surface area (Å²) < 4.78 is 0. The number of carbonyl (C=O) groups excluding carboxylic acids is 1. The standard InChI is InChI=1S/C21H24N6O/c22-12-26-20(25)15-8-9-18(23)17(11-15)19(24)14-6-3-7-16(10-14)27-21(28)13-4-1-2-5-13/h3,6-13,24H,1-2,4-5,23H2,(H,27,28)(H3,22,25,26). The van der Waals surface area contributed by atoms with E-state index in [4.69, 9.17) is 22.3 Å². The normalized spacial score (nSPS) is 14.6. The average molecular weight is 376 g/mol. The second-order valence-corrected chi connectivity index (χ2v) is 6.87. The quantitative estimate of drug-likeness (QED) is 0.300. The number of carbonyl (C=O) groups is 1. The number of nitrogens with one attached hydrogen (secondary N) is 3. The zero-order valence-electron chi connectivity index (χ0n) is 15.5. The van der Waals surface area contributed by atoms with Gasteiger partial charge >= 0.3 is 0 Å². The molecule has 0 spiro atoms. The molecule has 144 valence electrons. The van der Waals surface area contributed by atoms with E-state index in [0.717, 1.165) is 32.0 Å². The van der Waals surface area contributed by atoms with Crippen LogP contribution in [0.5, 0.6) is 0 Å². The lowest BCUT2D eigenvalue weighted by Crippen LogP contribution is -2.20. The molecule has 0 unspecified atom stereocenters. The van der Waals surface area contributed by atoms with Crippen molar-refractivity contribution in [3.63, 3.8) is 0 Å². The first-order valence-electron chi connectivity index (χ1n) is 9.22. The summed E-state index contributed by atoms with van der Waals surface area (Å²) >= 11 is 0. The number of benzene rings is 2. The molecule has 0 heterocycles. The van der Waals surface area contributed by atoms with Crippen LogP contribution >= 0.6 is 0 Å². The van der Waals surface area contributed by atoms with E-state index in [1.165, 1.54) is 0 Å². The largest absolute Gasteiger partial charge is 0.398 e. The van der Waals surface area contributed by atoms with Crippen LogP contribution in [0.2, 0.25) is 0 Å². The van der Waals surface area contributed by atoms with Gasteiger partial charge in [0, 0.05) is 34.0 Å². The van der Waals surface area contributed by atoms with Gasteiger partial charge in [0.2, 0.25) is 5.91 Å². The van der Waals surface area contributed by atoms with E-state index in [-0.39, 0.29) is 23.4 Å². The van der Waals surface area contributed by atoms with E-state index in [1.807, 2.05) is 6.07 Å². The van der Waals surface area contributed by atoms with Crippen LogP contribution in [0, 0.1) is 16.7 Å². The molecule has 7 heteroatoms. The minimum atomic E-state index is 0.0401. The second-order valence-electron chi connectivity index (χ2n) is 6.87. The molecule has 0 radical (unpaired) electrons. The number of nitrogen functional groups attached to an aromatic ring is 1. The molecule has 2 aromatic carbocycles. The fraction of sp³-hybridized carbons (Fsp3) is 0.238. The Balaban J connectivity index is 1.84. The predicted molar refractivity (Wildman–Crippen MR) is 113 cm³/mol. The average Bonchev–Trinajstić information content (AvgIpc) is 3.23. The van der Waals surface area contributed by atoms with Crippen LogP contribution in [0.25, 0.3) is 0 Å². The van der Waals surface area contributed by atoms with Crippen molar-refractivity contribution in [3.8, 4) is 0 Å². The zero-order valence-corrected chi connectivity index (χ0v) is 15.5. The first-order valence-corrected chi connectivity index (χ1v) is 9.22. The molecule has 1 amide bonds. The predicted octanol–water partition coefficient (Wildman–Crippen LogP) is 3.13. The summed E-state index contributed by atoms with van der Waals surface area (Å²) in [4.78, 5) is 16.1. The number of anilines is 2. The van der Waals surface area contributed by atoms with E-state index >= 15 is 0 Å². The molecule has 0 bridgehead atoms. The molecule has 1 aliphatic carbocycles. The highest BCUT2D eigenvalue weighted by atomic mass is 16.1. The molecule has 0 atom stereocenters. The van der Waals surface area contributed by atoms with Gasteiger partial charge in [-0.05, 0) is 43.2 Å². The molecule has 0 saturated heterocycles. The van der Waals surface area contributed by atoms with E-state index in [9.17, 15) is 4.79 Å². The number of nitrogens with two attached hydrogens (primary N) is 2. The van der Waals surface area contributed by atoms with Crippen LogP contribution in [0.3, 0.4) is 0 Å². The summed E-state index contributed by atoms with van der Waals surface area (Å²) in [5, 5.41) is 18.6. The van der Waals surface area contributed by atoms with E-state index in [1.54, 1.807) is 36.4 Å². The van der Waals surface area contributed by atoms with Crippen molar-refractivity contribution in [2.24, 2.45) is 16.6 Å². The van der Waals surface area contributed by atoms with Gasteiger partial charge in [-0.3, -0.25) is 15.6 Å². The van der Waals surface area contributed by atoms with Crippen molar-refractivity contribution in [1.82, 2.24) is 0 Å². The van der Waals surface area contributed by atoms with Crippen LogP contribution in [-0.2, 0) is 4.79 Å². The first-order chi connectivity index (χ1) is 13.5. The molecule has 0 aliphatic heterocycles. The summed E-state index contributed by atoms with van der Waals surface area (Å²) in [5.41, 5.74) is 15.0. The Morgan fingerprint density at radius 2 is 1.89 bits per heavy atom. The lowest BCUT2D eigenvalue weighted by Gasteiger charge is -2.13. The van der Waals surface area contributed by atoms with E-state index < -0.39 is 0 Å². The molecule has 3 rings (SSSR count). The Morgan fingerprint density at radius 1 is 1.14 bits per heavy atom. The summed E-state index contributed by atoms with van der Waals surface area (Å²) in [6, 6.07) is 12.2. The Labute approximate surface area is 163 Å². The molecule has 2 aromatic rings. The highest BCUT2D eigenvalue weighted by Crippen LogP contribution is 2.26. The number of hydrogen-bond donors (Lipinski definition) is 5. The third-order valence-corrected chi connectivity index (χ3v) is 4.97. The molecular formula is C21H24N6O. The van der Waals surface area contributed by atoms with Crippen LogP contribution < -0.4 is 16.8 Å².